The second-order valence-corrected chi connectivity index (χ2v) is 8.47. The number of nitrogens with zero attached hydrogens (tertiary/aromatic N) is 1. The number of ether oxygens (including phenoxy) is 1. The van der Waals surface area contributed by atoms with Gasteiger partial charge in [0.2, 0.25) is 0 Å². The lowest BCUT2D eigenvalue weighted by molar-refractivity contribution is 0.0255. The molecule has 2 atom stereocenters. The summed E-state index contributed by atoms with van der Waals surface area (Å²) >= 11 is 2.08. The monoisotopic (exact) mass is 300 g/mol. The third kappa shape index (κ3) is 3.61. The highest BCUT2D eigenvalue weighted by atomic mass is 32.2. The summed E-state index contributed by atoms with van der Waals surface area (Å²) in [4.78, 5) is 14.1. The molecule has 0 aromatic carbocycles. The van der Waals surface area contributed by atoms with Crippen LogP contribution < -0.4 is 5.73 Å². The minimum Gasteiger partial charge on any atom is -0.444 e. The third-order valence-corrected chi connectivity index (χ3v) is 6.13. The van der Waals surface area contributed by atoms with E-state index in [9.17, 15) is 4.79 Å². The quantitative estimate of drug-likeness (QED) is 0.809. The van der Waals surface area contributed by atoms with Crippen LogP contribution in [0.4, 0.5) is 4.79 Å². The fourth-order valence-corrected chi connectivity index (χ4v) is 5.09. The van der Waals surface area contributed by atoms with E-state index in [1.54, 1.807) is 0 Å². The van der Waals surface area contributed by atoms with Crippen molar-refractivity contribution in [2.75, 3.05) is 25.4 Å². The van der Waals surface area contributed by atoms with Crippen molar-refractivity contribution in [3.05, 3.63) is 0 Å². The van der Waals surface area contributed by atoms with E-state index in [0.717, 1.165) is 32.5 Å². The fourth-order valence-electron chi connectivity index (χ4n) is 3.31. The third-order valence-electron chi connectivity index (χ3n) is 4.37. The van der Waals surface area contributed by atoms with Crippen LogP contribution >= 0.6 is 11.8 Å². The largest absolute Gasteiger partial charge is 0.444 e. The molecular weight excluding hydrogens is 272 g/mol. The fraction of sp³-hybridized carbons (Fsp3) is 0.933. The first-order valence-corrected chi connectivity index (χ1v) is 8.67. The number of carbonyl (C=O) groups excluding carboxylic acids is 1. The van der Waals surface area contributed by atoms with Crippen molar-refractivity contribution in [3.63, 3.8) is 0 Å². The molecule has 2 aliphatic rings. The molecule has 2 heterocycles. The molecule has 2 saturated heterocycles. The zero-order valence-electron chi connectivity index (χ0n) is 13.0. The van der Waals surface area contributed by atoms with Crippen molar-refractivity contribution in [1.82, 2.24) is 4.90 Å². The van der Waals surface area contributed by atoms with Crippen LogP contribution in [-0.2, 0) is 4.74 Å². The number of amides is 1. The Morgan fingerprint density at radius 1 is 1.40 bits per heavy atom. The number of likely N-dealkylation sites (tertiary alicyclic amines) is 1. The van der Waals surface area contributed by atoms with Gasteiger partial charge in [-0.2, -0.15) is 11.8 Å². The molecule has 2 aliphatic heterocycles. The predicted octanol–water partition coefficient (Wildman–Crippen LogP) is 2.86. The molecule has 0 saturated carbocycles. The molecule has 0 bridgehead atoms. The summed E-state index contributed by atoms with van der Waals surface area (Å²) < 4.78 is 5.80. The lowest BCUT2D eigenvalue weighted by atomic mass is 9.84. The first-order chi connectivity index (χ1) is 9.36. The average molecular weight is 300 g/mol. The SMILES string of the molecule is CC(C)(C)OC(=O)N1CCC[C@@]2(CC1)SCC[C@@H]2CN. The van der Waals surface area contributed by atoms with Crippen LogP contribution in [0.15, 0.2) is 0 Å². The van der Waals surface area contributed by atoms with Gasteiger partial charge in [0.15, 0.2) is 0 Å². The highest BCUT2D eigenvalue weighted by Gasteiger charge is 2.44. The number of rotatable bonds is 1. The first kappa shape index (κ1) is 16.0. The Morgan fingerprint density at radius 3 is 2.80 bits per heavy atom. The number of hydrogen-bond donors (Lipinski definition) is 1. The highest BCUT2D eigenvalue weighted by molar-refractivity contribution is 8.00. The molecule has 20 heavy (non-hydrogen) atoms. The molecule has 0 radical (unpaired) electrons. The van der Waals surface area contributed by atoms with Gasteiger partial charge in [-0.3, -0.25) is 0 Å². The van der Waals surface area contributed by atoms with E-state index in [2.05, 4.69) is 11.8 Å². The molecule has 5 heteroatoms. The number of carbonyl (C=O) groups is 1. The average Bonchev–Trinajstić information content (AvgIpc) is 2.60. The van der Waals surface area contributed by atoms with Crippen LogP contribution in [0.5, 0.6) is 0 Å². The Kier molecular flexibility index (Phi) is 4.90. The van der Waals surface area contributed by atoms with Crippen LogP contribution in [0.25, 0.3) is 0 Å². The minimum absolute atomic E-state index is 0.165. The van der Waals surface area contributed by atoms with E-state index < -0.39 is 5.60 Å². The summed E-state index contributed by atoms with van der Waals surface area (Å²) in [5.74, 6) is 1.83. The van der Waals surface area contributed by atoms with Gasteiger partial charge in [0, 0.05) is 17.8 Å². The van der Waals surface area contributed by atoms with Crippen LogP contribution in [0.1, 0.15) is 46.5 Å². The number of nitrogens with two attached hydrogens (primary N) is 1. The summed E-state index contributed by atoms with van der Waals surface area (Å²) in [6.45, 7) is 8.15. The molecule has 0 unspecified atom stereocenters. The lowest BCUT2D eigenvalue weighted by Crippen LogP contribution is -2.39. The summed E-state index contributed by atoms with van der Waals surface area (Å²) in [5, 5.41) is 0. The lowest BCUT2D eigenvalue weighted by Gasteiger charge is -2.33. The van der Waals surface area contributed by atoms with Crippen molar-refractivity contribution < 1.29 is 9.53 Å². The Balaban J connectivity index is 1.97. The molecule has 2 fully saturated rings. The Labute approximate surface area is 126 Å². The molecule has 116 valence electrons. The van der Waals surface area contributed by atoms with Crippen molar-refractivity contribution >= 4 is 17.9 Å². The second kappa shape index (κ2) is 6.14. The highest BCUT2D eigenvalue weighted by Crippen LogP contribution is 2.49. The Bertz CT molecular complexity index is 356. The normalized spacial score (nSPS) is 31.4. The standard InChI is InChI=1S/C15H28N2O2S/c1-14(2,3)19-13(18)17-8-4-6-15(7-9-17)12(11-16)5-10-20-15/h12H,4-11,16H2,1-3H3/t12-,15+/m1/s1. The molecular formula is C15H28N2O2S. The van der Waals surface area contributed by atoms with E-state index in [0.29, 0.717) is 10.7 Å². The smallest absolute Gasteiger partial charge is 0.410 e. The van der Waals surface area contributed by atoms with Crippen molar-refractivity contribution in [3.8, 4) is 0 Å². The second-order valence-electron chi connectivity index (χ2n) is 6.96. The van der Waals surface area contributed by atoms with E-state index in [1.165, 1.54) is 18.6 Å². The maximum absolute atomic E-state index is 12.2. The van der Waals surface area contributed by atoms with Crippen molar-refractivity contribution in [1.29, 1.82) is 0 Å². The first-order valence-electron chi connectivity index (χ1n) is 7.68. The maximum atomic E-state index is 12.2. The van der Waals surface area contributed by atoms with Gasteiger partial charge in [-0.05, 0) is 64.7 Å². The van der Waals surface area contributed by atoms with Crippen LogP contribution in [0.2, 0.25) is 0 Å². The molecule has 1 amide bonds. The molecule has 1 spiro atoms. The van der Waals surface area contributed by atoms with Gasteiger partial charge >= 0.3 is 6.09 Å². The molecule has 0 aromatic rings. The van der Waals surface area contributed by atoms with Gasteiger partial charge in [0.25, 0.3) is 0 Å². The van der Waals surface area contributed by atoms with Gasteiger partial charge in [-0.25, -0.2) is 4.79 Å². The summed E-state index contributed by atoms with van der Waals surface area (Å²) in [6, 6.07) is 0. The van der Waals surface area contributed by atoms with Crippen LogP contribution in [0, 0.1) is 5.92 Å². The zero-order chi connectivity index (χ0) is 14.8. The molecule has 2 N–H and O–H groups in total. The van der Waals surface area contributed by atoms with Gasteiger partial charge in [0.05, 0.1) is 0 Å². The minimum atomic E-state index is -0.414. The van der Waals surface area contributed by atoms with Gasteiger partial charge in [0.1, 0.15) is 5.60 Å². The molecule has 2 rings (SSSR count). The summed E-state index contributed by atoms with van der Waals surface area (Å²) in [6.07, 6.45) is 4.36. The number of thioether (sulfide) groups is 1. The molecule has 4 nitrogen and oxygen atoms in total. The molecule has 0 aromatic heterocycles. The Morgan fingerprint density at radius 2 is 2.15 bits per heavy atom. The zero-order valence-corrected chi connectivity index (χ0v) is 13.8. The van der Waals surface area contributed by atoms with E-state index >= 15 is 0 Å². The van der Waals surface area contributed by atoms with Gasteiger partial charge in [-0.15, -0.1) is 0 Å². The molecule has 0 aliphatic carbocycles. The summed E-state index contributed by atoms with van der Waals surface area (Å²) in [5.41, 5.74) is 5.54. The van der Waals surface area contributed by atoms with Crippen molar-refractivity contribution in [2.45, 2.75) is 56.8 Å². The van der Waals surface area contributed by atoms with Gasteiger partial charge in [-0.1, -0.05) is 0 Å². The summed E-state index contributed by atoms with van der Waals surface area (Å²) in [7, 11) is 0. The topological polar surface area (TPSA) is 55.6 Å². The predicted molar refractivity (Wildman–Crippen MR) is 84.0 cm³/mol. The van der Waals surface area contributed by atoms with E-state index in [1.807, 2.05) is 25.7 Å². The van der Waals surface area contributed by atoms with Gasteiger partial charge < -0.3 is 15.4 Å². The van der Waals surface area contributed by atoms with Crippen LogP contribution in [-0.4, -0.2) is 46.7 Å². The van der Waals surface area contributed by atoms with Crippen LogP contribution in [0.3, 0.4) is 0 Å². The Hall–Kier alpha value is -0.420. The number of hydrogen-bond acceptors (Lipinski definition) is 4. The maximum Gasteiger partial charge on any atom is 0.410 e. The van der Waals surface area contributed by atoms with E-state index in [-0.39, 0.29) is 6.09 Å². The van der Waals surface area contributed by atoms with Crippen molar-refractivity contribution in [2.24, 2.45) is 11.7 Å². The van der Waals surface area contributed by atoms with E-state index in [4.69, 9.17) is 10.5 Å².